The van der Waals surface area contributed by atoms with Gasteiger partial charge in [-0.1, -0.05) is 45.9 Å². The SMILES string of the molecule is CC.COc1cc2c(CC#N)cnc(C(=O)c3cccc(CC(C)C)c3)c2cc1OC. The molecule has 1 aromatic heterocycles. The minimum Gasteiger partial charge on any atom is -0.493 e. The van der Waals surface area contributed by atoms with Crippen LogP contribution in [0.3, 0.4) is 0 Å². The fourth-order valence-electron chi connectivity index (χ4n) is 3.48. The molecule has 0 N–H and O–H groups in total. The summed E-state index contributed by atoms with van der Waals surface area (Å²) in [5.41, 5.74) is 2.80. The van der Waals surface area contributed by atoms with Gasteiger partial charge in [0.05, 0.1) is 26.7 Å². The van der Waals surface area contributed by atoms with E-state index in [1.54, 1.807) is 32.5 Å². The van der Waals surface area contributed by atoms with Gasteiger partial charge < -0.3 is 9.47 Å². The zero-order valence-corrected chi connectivity index (χ0v) is 19.2. The van der Waals surface area contributed by atoms with E-state index in [1.807, 2.05) is 38.1 Å². The predicted octanol–water partition coefficient (Wildman–Crippen LogP) is 5.77. The van der Waals surface area contributed by atoms with Crippen molar-refractivity contribution in [3.8, 4) is 17.6 Å². The summed E-state index contributed by atoms with van der Waals surface area (Å²) < 4.78 is 10.8. The Kier molecular flexibility index (Phi) is 8.57. The smallest absolute Gasteiger partial charge is 0.211 e. The molecule has 1 heterocycles. The molecular formula is C26H30N2O3. The number of benzene rings is 2. The van der Waals surface area contributed by atoms with Crippen molar-refractivity contribution in [3.63, 3.8) is 0 Å². The molecule has 3 rings (SSSR count). The normalized spacial score (nSPS) is 10.3. The summed E-state index contributed by atoms with van der Waals surface area (Å²) in [6.07, 6.45) is 2.70. The molecule has 0 aliphatic rings. The third kappa shape index (κ3) is 5.40. The number of carbonyl (C=O) groups is 1. The number of hydrogen-bond donors (Lipinski definition) is 0. The van der Waals surface area contributed by atoms with E-state index in [-0.39, 0.29) is 12.2 Å². The topological polar surface area (TPSA) is 72.2 Å². The van der Waals surface area contributed by atoms with E-state index < -0.39 is 0 Å². The van der Waals surface area contributed by atoms with E-state index in [1.165, 1.54) is 0 Å². The maximum atomic E-state index is 13.3. The Morgan fingerprint density at radius 1 is 1.06 bits per heavy atom. The minimum atomic E-state index is -0.156. The summed E-state index contributed by atoms with van der Waals surface area (Å²) in [7, 11) is 3.11. The molecule has 0 bridgehead atoms. The van der Waals surface area contributed by atoms with Gasteiger partial charge >= 0.3 is 0 Å². The lowest BCUT2D eigenvalue weighted by atomic mass is 9.96. The summed E-state index contributed by atoms with van der Waals surface area (Å²) in [6.45, 7) is 8.30. The fraction of sp³-hybridized carbons (Fsp3) is 0.346. The van der Waals surface area contributed by atoms with Gasteiger partial charge in [0.15, 0.2) is 11.5 Å². The van der Waals surface area contributed by atoms with Crippen LogP contribution in [-0.4, -0.2) is 25.0 Å². The van der Waals surface area contributed by atoms with Crippen LogP contribution in [0, 0.1) is 17.2 Å². The Labute approximate surface area is 184 Å². The molecule has 0 saturated carbocycles. The number of nitrogens with zero attached hydrogens (tertiary/aromatic N) is 2. The zero-order chi connectivity index (χ0) is 23.0. The van der Waals surface area contributed by atoms with Crippen LogP contribution in [0.25, 0.3) is 10.8 Å². The van der Waals surface area contributed by atoms with Gasteiger partial charge in [0, 0.05) is 17.1 Å². The molecule has 5 nitrogen and oxygen atoms in total. The first-order valence-electron chi connectivity index (χ1n) is 10.5. The van der Waals surface area contributed by atoms with E-state index in [2.05, 4.69) is 24.9 Å². The van der Waals surface area contributed by atoms with Gasteiger partial charge in [-0.05, 0) is 47.1 Å². The Bertz CT molecular complexity index is 1100. The monoisotopic (exact) mass is 418 g/mol. The van der Waals surface area contributed by atoms with Crippen LogP contribution in [-0.2, 0) is 12.8 Å². The van der Waals surface area contributed by atoms with Crippen LogP contribution in [0.15, 0.2) is 42.6 Å². The number of ketones is 1. The quantitative estimate of drug-likeness (QED) is 0.455. The number of carbonyl (C=O) groups excluding carboxylic acids is 1. The Hall–Kier alpha value is -3.39. The number of pyridine rings is 1. The van der Waals surface area contributed by atoms with Gasteiger partial charge in [-0.15, -0.1) is 0 Å². The highest BCUT2D eigenvalue weighted by Gasteiger charge is 2.19. The molecule has 0 radical (unpaired) electrons. The molecule has 0 spiro atoms. The number of ether oxygens (including phenoxy) is 2. The maximum Gasteiger partial charge on any atom is 0.211 e. The predicted molar refractivity (Wildman–Crippen MR) is 124 cm³/mol. The Balaban J connectivity index is 0.00000166. The van der Waals surface area contributed by atoms with Gasteiger partial charge in [-0.2, -0.15) is 5.26 Å². The van der Waals surface area contributed by atoms with Gasteiger partial charge in [0.1, 0.15) is 5.69 Å². The molecule has 0 fully saturated rings. The van der Waals surface area contributed by atoms with Crippen LogP contribution in [0.4, 0.5) is 0 Å². The van der Waals surface area contributed by atoms with Gasteiger partial charge in [-0.25, -0.2) is 0 Å². The first-order valence-corrected chi connectivity index (χ1v) is 10.5. The summed E-state index contributed by atoms with van der Waals surface area (Å²) in [4.78, 5) is 17.7. The number of hydrogen-bond acceptors (Lipinski definition) is 5. The fourth-order valence-corrected chi connectivity index (χ4v) is 3.48. The first kappa shape index (κ1) is 23.9. The molecule has 0 saturated heterocycles. The van der Waals surface area contributed by atoms with E-state index in [4.69, 9.17) is 14.7 Å². The lowest BCUT2D eigenvalue weighted by Gasteiger charge is -2.14. The van der Waals surface area contributed by atoms with Crippen molar-refractivity contribution >= 4 is 16.6 Å². The average Bonchev–Trinajstić information content (AvgIpc) is 2.79. The van der Waals surface area contributed by atoms with Gasteiger partial charge in [0.2, 0.25) is 5.78 Å². The summed E-state index contributed by atoms with van der Waals surface area (Å²) in [5, 5.41) is 10.6. The molecule has 2 aromatic carbocycles. The van der Waals surface area contributed by atoms with Crippen molar-refractivity contribution in [2.75, 3.05) is 14.2 Å². The van der Waals surface area contributed by atoms with E-state index in [0.29, 0.717) is 34.1 Å². The Morgan fingerprint density at radius 3 is 2.29 bits per heavy atom. The first-order chi connectivity index (χ1) is 15.0. The number of fused-ring (bicyclic) bond motifs is 1. The third-order valence-corrected chi connectivity index (χ3v) is 4.79. The van der Waals surface area contributed by atoms with Crippen LogP contribution in [0.5, 0.6) is 11.5 Å². The second-order valence-corrected chi connectivity index (χ2v) is 7.35. The zero-order valence-electron chi connectivity index (χ0n) is 19.2. The van der Waals surface area contributed by atoms with Gasteiger partial charge in [0.25, 0.3) is 0 Å². The van der Waals surface area contributed by atoms with E-state index in [0.717, 1.165) is 22.9 Å². The molecule has 162 valence electrons. The van der Waals surface area contributed by atoms with Crippen molar-refractivity contribution in [1.29, 1.82) is 5.26 Å². The third-order valence-electron chi connectivity index (χ3n) is 4.79. The van der Waals surface area contributed by atoms with Crippen molar-refractivity contribution in [2.45, 2.75) is 40.5 Å². The summed E-state index contributed by atoms with van der Waals surface area (Å²) in [5.74, 6) is 1.40. The van der Waals surface area contributed by atoms with Crippen molar-refractivity contribution in [2.24, 2.45) is 5.92 Å². The van der Waals surface area contributed by atoms with Crippen molar-refractivity contribution < 1.29 is 14.3 Å². The van der Waals surface area contributed by atoms with Crippen LogP contribution in [0.2, 0.25) is 0 Å². The highest BCUT2D eigenvalue weighted by atomic mass is 16.5. The molecule has 3 aromatic rings. The second-order valence-electron chi connectivity index (χ2n) is 7.35. The van der Waals surface area contributed by atoms with Gasteiger partial charge in [-0.3, -0.25) is 9.78 Å². The van der Waals surface area contributed by atoms with E-state index >= 15 is 0 Å². The molecule has 5 heteroatoms. The lowest BCUT2D eigenvalue weighted by Crippen LogP contribution is -2.08. The average molecular weight is 419 g/mol. The van der Waals surface area contributed by atoms with Crippen LogP contribution in [0.1, 0.15) is 54.9 Å². The molecule has 31 heavy (non-hydrogen) atoms. The lowest BCUT2D eigenvalue weighted by molar-refractivity contribution is 0.103. The summed E-state index contributed by atoms with van der Waals surface area (Å²) in [6, 6.07) is 13.4. The minimum absolute atomic E-state index is 0.156. The Morgan fingerprint density at radius 2 is 1.71 bits per heavy atom. The van der Waals surface area contributed by atoms with Crippen LogP contribution >= 0.6 is 0 Å². The highest BCUT2D eigenvalue weighted by Crippen LogP contribution is 2.35. The summed E-state index contributed by atoms with van der Waals surface area (Å²) >= 11 is 0. The molecular weight excluding hydrogens is 388 g/mol. The highest BCUT2D eigenvalue weighted by molar-refractivity contribution is 6.15. The number of nitriles is 1. The number of methoxy groups -OCH3 is 2. The molecule has 0 atom stereocenters. The molecule has 0 amide bonds. The van der Waals surface area contributed by atoms with Crippen molar-refractivity contribution in [1.82, 2.24) is 4.98 Å². The number of aromatic nitrogens is 1. The standard InChI is InChI=1S/C24H24N2O3.C2H6/c1-15(2)10-16-6-5-7-17(11-16)24(27)23-20-13-22(29-4)21(28-3)12-19(20)18(8-9-25)14-26-23;1-2/h5-7,11-15H,8,10H2,1-4H3;1-2H3. The van der Waals surface area contributed by atoms with Crippen molar-refractivity contribution in [3.05, 3.63) is 65.0 Å². The molecule has 0 aliphatic heterocycles. The molecule has 0 unspecified atom stereocenters. The second kappa shape index (κ2) is 11.1. The van der Waals surface area contributed by atoms with Crippen LogP contribution < -0.4 is 9.47 Å². The van der Waals surface area contributed by atoms with E-state index in [9.17, 15) is 4.79 Å². The largest absolute Gasteiger partial charge is 0.493 e. The molecule has 0 aliphatic carbocycles. The number of rotatable bonds is 7. The maximum absolute atomic E-state index is 13.3.